The molecule has 0 aliphatic heterocycles. The minimum Gasteiger partial charge on any atom is -0.467 e. The molecule has 0 bridgehead atoms. The monoisotopic (exact) mass is 468 g/mol. The van der Waals surface area contributed by atoms with Crippen LogP contribution in [0, 0.1) is 0 Å². The molecule has 0 spiro atoms. The number of rotatable bonds is 9. The van der Waals surface area contributed by atoms with Crippen LogP contribution in [0.3, 0.4) is 0 Å². The molecule has 4 rings (SSSR count). The van der Waals surface area contributed by atoms with Gasteiger partial charge < -0.3 is 19.0 Å². The number of esters is 1. The first kappa shape index (κ1) is 21.8. The summed E-state index contributed by atoms with van der Waals surface area (Å²) in [4.78, 5) is 26.3. The highest BCUT2D eigenvalue weighted by atomic mass is 32.2. The van der Waals surface area contributed by atoms with Crippen LogP contribution in [0.15, 0.2) is 70.7 Å². The largest absolute Gasteiger partial charge is 0.467 e. The number of hydrogen-bond acceptors (Lipinski definition) is 8. The van der Waals surface area contributed by atoms with Gasteiger partial charge in [-0.05, 0) is 30.7 Å². The van der Waals surface area contributed by atoms with Gasteiger partial charge in [0, 0.05) is 4.88 Å². The zero-order chi connectivity index (χ0) is 22.3. The third-order valence-electron chi connectivity index (χ3n) is 4.34. The molecule has 10 heteroatoms. The van der Waals surface area contributed by atoms with E-state index in [0.717, 1.165) is 16.2 Å². The third-order valence-corrected chi connectivity index (χ3v) is 6.49. The van der Waals surface area contributed by atoms with Crippen LogP contribution in [0.2, 0.25) is 0 Å². The molecular formula is C22H20N4O4S2. The number of ether oxygens (including phenoxy) is 1. The van der Waals surface area contributed by atoms with Crippen molar-refractivity contribution in [2.75, 3.05) is 17.7 Å². The number of nitrogens with zero attached hydrogens (tertiary/aromatic N) is 3. The number of thiophene rings is 1. The van der Waals surface area contributed by atoms with Crippen molar-refractivity contribution >= 4 is 40.7 Å². The van der Waals surface area contributed by atoms with E-state index in [0.29, 0.717) is 22.3 Å². The van der Waals surface area contributed by atoms with Crippen LogP contribution in [0.4, 0.5) is 5.69 Å². The summed E-state index contributed by atoms with van der Waals surface area (Å²) in [6, 6.07) is 15.1. The SMILES string of the molecule is CCOC(=O)c1sc(-c2ccccc2)cc1NC(=O)CSc1nncn1Cc1ccco1. The zero-order valence-corrected chi connectivity index (χ0v) is 18.8. The second-order valence-corrected chi connectivity index (χ2v) is 8.59. The summed E-state index contributed by atoms with van der Waals surface area (Å²) in [6.45, 7) is 2.48. The smallest absolute Gasteiger partial charge is 0.350 e. The lowest BCUT2D eigenvalue weighted by Gasteiger charge is -2.07. The average Bonchev–Trinajstić information content (AvgIpc) is 3.55. The highest BCUT2D eigenvalue weighted by Crippen LogP contribution is 2.35. The van der Waals surface area contributed by atoms with Gasteiger partial charge in [0.25, 0.3) is 0 Å². The van der Waals surface area contributed by atoms with Crippen LogP contribution in [-0.2, 0) is 16.1 Å². The Morgan fingerprint density at radius 1 is 1.22 bits per heavy atom. The van der Waals surface area contributed by atoms with E-state index in [-0.39, 0.29) is 18.3 Å². The maximum Gasteiger partial charge on any atom is 0.350 e. The van der Waals surface area contributed by atoms with Crippen molar-refractivity contribution in [3.63, 3.8) is 0 Å². The third kappa shape index (κ3) is 5.27. The Hall–Kier alpha value is -3.37. The predicted molar refractivity (Wildman–Crippen MR) is 123 cm³/mol. The molecule has 1 aromatic carbocycles. The van der Waals surface area contributed by atoms with Crippen LogP contribution in [0.25, 0.3) is 10.4 Å². The summed E-state index contributed by atoms with van der Waals surface area (Å²) in [5.41, 5.74) is 1.40. The summed E-state index contributed by atoms with van der Waals surface area (Å²) in [6.07, 6.45) is 3.19. The Morgan fingerprint density at radius 3 is 2.81 bits per heavy atom. The van der Waals surface area contributed by atoms with Gasteiger partial charge in [0.1, 0.15) is 17.0 Å². The first-order valence-corrected chi connectivity index (χ1v) is 11.6. The number of thioether (sulfide) groups is 1. The van der Waals surface area contributed by atoms with Crippen molar-refractivity contribution in [2.45, 2.75) is 18.6 Å². The number of hydrogen-bond donors (Lipinski definition) is 1. The molecule has 3 heterocycles. The maximum absolute atomic E-state index is 12.7. The Balaban J connectivity index is 1.45. The number of benzene rings is 1. The molecule has 8 nitrogen and oxygen atoms in total. The fourth-order valence-corrected chi connectivity index (χ4v) is 4.66. The molecule has 0 atom stereocenters. The number of carbonyl (C=O) groups is 2. The lowest BCUT2D eigenvalue weighted by Crippen LogP contribution is -2.16. The Bertz CT molecular complexity index is 1190. The number of anilines is 1. The fourth-order valence-electron chi connectivity index (χ4n) is 2.93. The molecule has 0 radical (unpaired) electrons. The van der Waals surface area contributed by atoms with Crippen LogP contribution in [-0.4, -0.2) is 39.0 Å². The molecule has 3 aromatic heterocycles. The minimum atomic E-state index is -0.458. The molecule has 0 aliphatic carbocycles. The van der Waals surface area contributed by atoms with Crippen LogP contribution >= 0.6 is 23.1 Å². The van der Waals surface area contributed by atoms with E-state index in [2.05, 4.69) is 15.5 Å². The van der Waals surface area contributed by atoms with Gasteiger partial charge in [0.05, 0.1) is 30.9 Å². The first-order chi connectivity index (χ1) is 15.6. The molecule has 0 unspecified atom stereocenters. The van der Waals surface area contributed by atoms with Crippen molar-refractivity contribution < 1.29 is 18.7 Å². The number of amides is 1. The van der Waals surface area contributed by atoms with Gasteiger partial charge in [0.15, 0.2) is 5.16 Å². The normalized spacial score (nSPS) is 10.8. The molecule has 164 valence electrons. The second kappa shape index (κ2) is 10.3. The van der Waals surface area contributed by atoms with Crippen LogP contribution < -0.4 is 5.32 Å². The molecule has 0 saturated carbocycles. The number of nitrogens with one attached hydrogen (secondary N) is 1. The van der Waals surface area contributed by atoms with Crippen molar-refractivity contribution in [3.05, 3.63) is 71.8 Å². The maximum atomic E-state index is 12.7. The van der Waals surface area contributed by atoms with E-state index in [1.165, 1.54) is 23.1 Å². The lowest BCUT2D eigenvalue weighted by molar-refractivity contribution is -0.113. The van der Waals surface area contributed by atoms with E-state index in [9.17, 15) is 9.59 Å². The Morgan fingerprint density at radius 2 is 2.06 bits per heavy atom. The molecule has 0 aliphatic rings. The van der Waals surface area contributed by atoms with Gasteiger partial charge in [0.2, 0.25) is 5.91 Å². The Kier molecular flexibility index (Phi) is 7.03. The summed E-state index contributed by atoms with van der Waals surface area (Å²) < 4.78 is 12.3. The number of furan rings is 1. The minimum absolute atomic E-state index is 0.107. The van der Waals surface area contributed by atoms with Gasteiger partial charge in [-0.15, -0.1) is 21.5 Å². The molecule has 0 saturated heterocycles. The molecule has 4 aromatic rings. The van der Waals surface area contributed by atoms with Crippen LogP contribution in [0.5, 0.6) is 0 Å². The van der Waals surface area contributed by atoms with Crippen molar-refractivity contribution in [1.29, 1.82) is 0 Å². The van der Waals surface area contributed by atoms with E-state index < -0.39 is 5.97 Å². The second-order valence-electron chi connectivity index (χ2n) is 6.60. The Labute approximate surface area is 192 Å². The molecular weight excluding hydrogens is 448 g/mol. The van der Waals surface area contributed by atoms with Gasteiger partial charge in [-0.1, -0.05) is 42.1 Å². The highest BCUT2D eigenvalue weighted by molar-refractivity contribution is 7.99. The summed E-state index contributed by atoms with van der Waals surface area (Å²) >= 11 is 2.54. The van der Waals surface area contributed by atoms with E-state index in [4.69, 9.17) is 9.15 Å². The van der Waals surface area contributed by atoms with Gasteiger partial charge in [-0.3, -0.25) is 4.79 Å². The van der Waals surface area contributed by atoms with Crippen molar-refractivity contribution in [3.8, 4) is 10.4 Å². The topological polar surface area (TPSA) is 99.2 Å². The molecule has 1 amide bonds. The van der Waals surface area contributed by atoms with Gasteiger partial charge in [-0.25, -0.2) is 4.79 Å². The molecule has 32 heavy (non-hydrogen) atoms. The first-order valence-electron chi connectivity index (χ1n) is 9.83. The molecule has 0 fully saturated rings. The number of carbonyl (C=O) groups excluding carboxylic acids is 2. The quantitative estimate of drug-likeness (QED) is 0.284. The van der Waals surface area contributed by atoms with Gasteiger partial charge in [-0.2, -0.15) is 0 Å². The zero-order valence-electron chi connectivity index (χ0n) is 17.2. The predicted octanol–water partition coefficient (Wildman–Crippen LogP) is 4.56. The van der Waals surface area contributed by atoms with E-state index >= 15 is 0 Å². The van der Waals surface area contributed by atoms with E-state index in [1.54, 1.807) is 30.1 Å². The lowest BCUT2D eigenvalue weighted by atomic mass is 10.2. The average molecular weight is 469 g/mol. The fraction of sp³-hybridized carbons (Fsp3) is 0.182. The summed E-state index contributed by atoms with van der Waals surface area (Å²) in [7, 11) is 0. The van der Waals surface area contributed by atoms with Crippen LogP contribution in [0.1, 0.15) is 22.4 Å². The molecule has 1 N–H and O–H groups in total. The van der Waals surface area contributed by atoms with Crippen molar-refractivity contribution in [1.82, 2.24) is 14.8 Å². The van der Waals surface area contributed by atoms with Crippen molar-refractivity contribution in [2.24, 2.45) is 0 Å². The highest BCUT2D eigenvalue weighted by Gasteiger charge is 2.20. The standard InChI is InChI=1S/C22H20N4O4S2/c1-2-29-21(28)20-17(11-18(32-20)15-7-4-3-5-8-15)24-19(27)13-31-22-25-23-14-26(22)12-16-9-6-10-30-16/h3-11,14H,2,12-13H2,1H3,(H,24,27). The number of aromatic nitrogens is 3. The van der Waals surface area contributed by atoms with E-state index in [1.807, 2.05) is 42.5 Å². The summed E-state index contributed by atoms with van der Waals surface area (Å²) in [5, 5.41) is 11.4. The van der Waals surface area contributed by atoms with Gasteiger partial charge >= 0.3 is 5.97 Å². The summed E-state index contributed by atoms with van der Waals surface area (Å²) in [5.74, 6) is 0.156.